The summed E-state index contributed by atoms with van der Waals surface area (Å²) < 4.78 is 4.34. The largest absolute Gasteiger partial charge is 0.475 e. The number of aliphatic hydroxyl groups excluding tert-OH is 3. The van der Waals surface area contributed by atoms with Crippen LogP contribution in [0.2, 0.25) is 0 Å². The summed E-state index contributed by atoms with van der Waals surface area (Å²) in [5.41, 5.74) is 0. The van der Waals surface area contributed by atoms with Gasteiger partial charge in [-0.3, -0.25) is 0 Å². The van der Waals surface area contributed by atoms with Gasteiger partial charge in [0.2, 0.25) is 12.0 Å². The number of aliphatic hydroxyl groups is 3. The number of rotatable bonds is 1. The zero-order valence-electron chi connectivity index (χ0n) is 5.91. The van der Waals surface area contributed by atoms with Crippen molar-refractivity contribution in [3.63, 3.8) is 0 Å². The second-order valence-electron chi connectivity index (χ2n) is 2.33. The molecule has 1 heterocycles. The first kappa shape index (κ1) is 8.98. The molecule has 0 saturated heterocycles. The smallest absolute Gasteiger partial charge is 0.371 e. The van der Waals surface area contributed by atoms with Crippen molar-refractivity contribution < 1.29 is 30.0 Å². The fraction of sp³-hybridized carbons (Fsp3) is 0.500. The van der Waals surface area contributed by atoms with E-state index in [1.54, 1.807) is 0 Å². The summed E-state index contributed by atoms with van der Waals surface area (Å²) in [6, 6.07) is 0. The second kappa shape index (κ2) is 3.10. The van der Waals surface area contributed by atoms with Crippen LogP contribution in [0.1, 0.15) is 0 Å². The lowest BCUT2D eigenvalue weighted by molar-refractivity contribution is -0.183. The van der Waals surface area contributed by atoms with Gasteiger partial charge in [-0.15, -0.1) is 0 Å². The Hall–Kier alpha value is -1.11. The van der Waals surface area contributed by atoms with Crippen molar-refractivity contribution in [1.82, 2.24) is 0 Å². The SMILES string of the molecule is O=C(O)C1=C[C@@H](O)[C@H](O)[C@H](O)O1. The van der Waals surface area contributed by atoms with Crippen molar-refractivity contribution in [2.24, 2.45) is 0 Å². The molecule has 3 atom stereocenters. The summed E-state index contributed by atoms with van der Waals surface area (Å²) in [5, 5.41) is 35.0. The number of carboxylic acid groups (broad SMARTS) is 1. The Morgan fingerprint density at radius 2 is 2.00 bits per heavy atom. The maximum absolute atomic E-state index is 10.3. The molecule has 0 radical (unpaired) electrons. The molecule has 6 heteroatoms. The summed E-state index contributed by atoms with van der Waals surface area (Å²) in [6.45, 7) is 0. The molecule has 0 fully saturated rings. The quantitative estimate of drug-likeness (QED) is 0.369. The van der Waals surface area contributed by atoms with Crippen molar-refractivity contribution in [1.29, 1.82) is 0 Å². The highest BCUT2D eigenvalue weighted by Gasteiger charge is 2.32. The molecule has 0 aromatic heterocycles. The van der Waals surface area contributed by atoms with Gasteiger partial charge in [0.25, 0.3) is 0 Å². The van der Waals surface area contributed by atoms with Crippen LogP contribution >= 0.6 is 0 Å². The fourth-order valence-electron chi connectivity index (χ4n) is 0.783. The highest BCUT2D eigenvalue weighted by molar-refractivity contribution is 5.84. The average molecular weight is 176 g/mol. The van der Waals surface area contributed by atoms with Gasteiger partial charge in [-0.05, 0) is 6.08 Å². The zero-order valence-corrected chi connectivity index (χ0v) is 5.91. The van der Waals surface area contributed by atoms with Crippen LogP contribution in [0.25, 0.3) is 0 Å². The van der Waals surface area contributed by atoms with Gasteiger partial charge in [-0.2, -0.15) is 0 Å². The second-order valence-corrected chi connectivity index (χ2v) is 2.33. The first-order valence-electron chi connectivity index (χ1n) is 3.18. The minimum atomic E-state index is -1.70. The molecule has 0 aromatic carbocycles. The first-order valence-corrected chi connectivity index (χ1v) is 3.18. The molecule has 0 aromatic rings. The number of carboxylic acids is 1. The monoisotopic (exact) mass is 176 g/mol. The standard InChI is InChI=1S/C6H8O6/c7-2-1-3(5(9)10)12-6(11)4(2)8/h1-2,4,6-8,11H,(H,9,10)/t2-,4+,6-/m1/s1. The summed E-state index contributed by atoms with van der Waals surface area (Å²) in [6.07, 6.45) is -3.80. The van der Waals surface area contributed by atoms with E-state index < -0.39 is 30.2 Å². The number of hydrogen-bond donors (Lipinski definition) is 4. The highest BCUT2D eigenvalue weighted by Crippen LogP contribution is 2.16. The molecule has 6 nitrogen and oxygen atoms in total. The van der Waals surface area contributed by atoms with Gasteiger partial charge in [0.15, 0.2) is 0 Å². The maximum Gasteiger partial charge on any atom is 0.371 e. The van der Waals surface area contributed by atoms with E-state index in [1.165, 1.54) is 0 Å². The van der Waals surface area contributed by atoms with E-state index in [2.05, 4.69) is 4.74 Å². The van der Waals surface area contributed by atoms with Gasteiger partial charge >= 0.3 is 5.97 Å². The number of ether oxygens (including phenoxy) is 1. The Morgan fingerprint density at radius 1 is 1.42 bits per heavy atom. The summed E-state index contributed by atoms with van der Waals surface area (Å²) >= 11 is 0. The van der Waals surface area contributed by atoms with E-state index in [-0.39, 0.29) is 0 Å². The number of hydrogen-bond acceptors (Lipinski definition) is 5. The molecule has 1 aliphatic heterocycles. The Balaban J connectivity index is 2.81. The Morgan fingerprint density at radius 3 is 2.42 bits per heavy atom. The van der Waals surface area contributed by atoms with Gasteiger partial charge in [0.05, 0.1) is 0 Å². The van der Waals surface area contributed by atoms with E-state index in [1.807, 2.05) is 0 Å². The van der Waals surface area contributed by atoms with Crippen LogP contribution < -0.4 is 0 Å². The van der Waals surface area contributed by atoms with Crippen molar-refractivity contribution >= 4 is 5.97 Å². The first-order chi connectivity index (χ1) is 5.52. The molecule has 4 N–H and O–H groups in total. The minimum Gasteiger partial charge on any atom is -0.475 e. The molecule has 0 saturated carbocycles. The van der Waals surface area contributed by atoms with Crippen molar-refractivity contribution in [2.75, 3.05) is 0 Å². The third kappa shape index (κ3) is 1.55. The third-order valence-corrected chi connectivity index (χ3v) is 1.42. The molecule has 0 unspecified atom stereocenters. The van der Waals surface area contributed by atoms with Crippen LogP contribution in [0, 0.1) is 0 Å². The molecule has 1 aliphatic rings. The predicted octanol–water partition coefficient (Wildman–Crippen LogP) is -1.97. The molecule has 68 valence electrons. The molecule has 12 heavy (non-hydrogen) atoms. The molecule has 0 aliphatic carbocycles. The predicted molar refractivity (Wildman–Crippen MR) is 34.8 cm³/mol. The molecule has 0 amide bonds. The van der Waals surface area contributed by atoms with Crippen molar-refractivity contribution in [3.8, 4) is 0 Å². The number of carbonyl (C=O) groups is 1. The minimum absolute atomic E-state index is 0.569. The van der Waals surface area contributed by atoms with Gasteiger partial charge in [0.1, 0.15) is 12.2 Å². The molecule has 1 rings (SSSR count). The highest BCUT2D eigenvalue weighted by atomic mass is 16.6. The maximum atomic E-state index is 10.3. The van der Waals surface area contributed by atoms with Crippen molar-refractivity contribution in [3.05, 3.63) is 11.8 Å². The Labute approximate surface area is 67.3 Å². The molecular formula is C6H8O6. The van der Waals surface area contributed by atoms with Crippen LogP contribution in [0.3, 0.4) is 0 Å². The van der Waals surface area contributed by atoms with Gasteiger partial charge in [-0.1, -0.05) is 0 Å². The van der Waals surface area contributed by atoms with Gasteiger partial charge in [-0.25, -0.2) is 4.79 Å². The van der Waals surface area contributed by atoms with E-state index in [4.69, 9.17) is 20.4 Å². The number of aliphatic carboxylic acids is 1. The Kier molecular flexibility index (Phi) is 2.32. The third-order valence-electron chi connectivity index (χ3n) is 1.42. The Bertz CT molecular complexity index is 222. The molecule has 0 spiro atoms. The van der Waals surface area contributed by atoms with Crippen molar-refractivity contribution in [2.45, 2.75) is 18.5 Å². The zero-order chi connectivity index (χ0) is 9.30. The average Bonchev–Trinajstić information content (AvgIpc) is 1.99. The van der Waals surface area contributed by atoms with E-state index in [9.17, 15) is 4.79 Å². The lowest BCUT2D eigenvalue weighted by Gasteiger charge is -2.26. The summed E-state index contributed by atoms with van der Waals surface area (Å²) in [5.74, 6) is -1.97. The van der Waals surface area contributed by atoms with Crippen LogP contribution in [0.15, 0.2) is 11.8 Å². The molecular weight excluding hydrogens is 168 g/mol. The summed E-state index contributed by atoms with van der Waals surface area (Å²) in [7, 11) is 0. The lowest BCUT2D eigenvalue weighted by Crippen LogP contribution is -2.42. The molecule has 0 bridgehead atoms. The van der Waals surface area contributed by atoms with Crippen LogP contribution in [-0.2, 0) is 9.53 Å². The van der Waals surface area contributed by atoms with Gasteiger partial charge in [0, 0.05) is 0 Å². The van der Waals surface area contributed by atoms with Crippen LogP contribution in [0.4, 0.5) is 0 Å². The van der Waals surface area contributed by atoms with Gasteiger partial charge < -0.3 is 25.2 Å². The van der Waals surface area contributed by atoms with E-state index in [0.717, 1.165) is 6.08 Å². The van der Waals surface area contributed by atoms with Crippen LogP contribution in [0.5, 0.6) is 0 Å². The lowest BCUT2D eigenvalue weighted by atomic mass is 10.1. The normalized spacial score (nSPS) is 35.2. The van der Waals surface area contributed by atoms with E-state index in [0.29, 0.717) is 0 Å². The van der Waals surface area contributed by atoms with Crippen LogP contribution in [-0.4, -0.2) is 44.9 Å². The fourth-order valence-corrected chi connectivity index (χ4v) is 0.783. The van der Waals surface area contributed by atoms with E-state index >= 15 is 0 Å². The summed E-state index contributed by atoms with van der Waals surface area (Å²) in [4.78, 5) is 10.3. The topological polar surface area (TPSA) is 107 Å².